The van der Waals surface area contributed by atoms with Crippen molar-refractivity contribution in [1.82, 2.24) is 4.98 Å². The summed E-state index contributed by atoms with van der Waals surface area (Å²) in [5, 5.41) is 0. The topological polar surface area (TPSA) is 39.2 Å². The predicted octanol–water partition coefficient (Wildman–Crippen LogP) is 3.95. The van der Waals surface area contributed by atoms with Gasteiger partial charge in [-0.05, 0) is 31.1 Å². The third-order valence-electron chi connectivity index (χ3n) is 4.01. The van der Waals surface area contributed by atoms with E-state index in [0.717, 1.165) is 12.3 Å². The van der Waals surface area contributed by atoms with Crippen LogP contribution in [0.25, 0.3) is 0 Å². The molecule has 3 nitrogen and oxygen atoms in total. The molecule has 120 valence electrons. The first kappa shape index (κ1) is 16.7. The van der Waals surface area contributed by atoms with Gasteiger partial charge < -0.3 is 4.74 Å². The summed E-state index contributed by atoms with van der Waals surface area (Å²) >= 11 is 0. The molecule has 0 amide bonds. The smallest absolute Gasteiger partial charge is 0.265 e. The largest absolute Gasteiger partial charge is 0.368 e. The number of Topliss-reactive ketones (excluding diaryl/α,β-unsaturated/α-hetero) is 1. The summed E-state index contributed by atoms with van der Waals surface area (Å²) in [5.41, 5.74) is -2.21. The molecular weight excluding hydrogens is 295 g/mol. The van der Waals surface area contributed by atoms with Crippen molar-refractivity contribution < 1.29 is 22.7 Å². The van der Waals surface area contributed by atoms with Gasteiger partial charge in [0, 0.05) is 18.1 Å². The van der Waals surface area contributed by atoms with E-state index in [1.54, 1.807) is 20.8 Å². The molecular formula is C16H18F3NO2. The van der Waals surface area contributed by atoms with E-state index in [2.05, 4.69) is 4.98 Å². The van der Waals surface area contributed by atoms with E-state index in [1.165, 1.54) is 13.2 Å². The molecule has 6 heteroatoms. The van der Waals surface area contributed by atoms with Crippen LogP contribution in [0.3, 0.4) is 0 Å². The standard InChI is InChI=1S/C16H18F3NO2/c1-9-6-16(22-4,8-15(2,3)13(9)21)12-11(14(18)19)5-10(17)7-20-12/h5-7,14H,8H2,1-4H3/t16-/m1/s1. The molecule has 1 aromatic heterocycles. The van der Waals surface area contributed by atoms with Gasteiger partial charge in [0.15, 0.2) is 5.78 Å². The number of allylic oxidation sites excluding steroid dienone is 1. The first-order valence-corrected chi connectivity index (χ1v) is 6.86. The quantitative estimate of drug-likeness (QED) is 0.848. The Morgan fingerprint density at radius 1 is 1.36 bits per heavy atom. The molecule has 2 rings (SSSR count). The highest BCUT2D eigenvalue weighted by molar-refractivity contribution is 6.00. The number of ether oxygens (including phenoxy) is 1. The summed E-state index contributed by atoms with van der Waals surface area (Å²) in [6.07, 6.45) is -0.341. The molecule has 0 aromatic carbocycles. The SMILES string of the molecule is CO[C@]1(c2ncc(F)cc2C(F)F)C=C(C)C(=O)C(C)(C)C1. The van der Waals surface area contributed by atoms with Crippen molar-refractivity contribution in [3.8, 4) is 0 Å². The summed E-state index contributed by atoms with van der Waals surface area (Å²) in [6.45, 7) is 5.07. The van der Waals surface area contributed by atoms with E-state index in [-0.39, 0.29) is 17.9 Å². The monoisotopic (exact) mass is 313 g/mol. The Kier molecular flexibility index (Phi) is 4.17. The number of hydrogen-bond donors (Lipinski definition) is 0. The molecule has 0 spiro atoms. The molecule has 22 heavy (non-hydrogen) atoms. The Morgan fingerprint density at radius 2 is 2.00 bits per heavy atom. The Labute approximate surface area is 127 Å². The molecule has 0 unspecified atom stereocenters. The van der Waals surface area contributed by atoms with Crippen LogP contribution in [0.1, 0.15) is 44.9 Å². The zero-order valence-corrected chi connectivity index (χ0v) is 12.9. The van der Waals surface area contributed by atoms with Crippen molar-refractivity contribution >= 4 is 5.78 Å². The molecule has 1 heterocycles. The minimum atomic E-state index is -2.89. The third-order valence-corrected chi connectivity index (χ3v) is 4.01. The number of rotatable bonds is 3. The number of methoxy groups -OCH3 is 1. The minimum Gasteiger partial charge on any atom is -0.368 e. The average Bonchev–Trinajstić information content (AvgIpc) is 2.43. The van der Waals surface area contributed by atoms with E-state index in [9.17, 15) is 18.0 Å². The summed E-state index contributed by atoms with van der Waals surface area (Å²) in [5.74, 6) is -0.905. The van der Waals surface area contributed by atoms with E-state index in [4.69, 9.17) is 4.74 Å². The minimum absolute atomic E-state index is 0.0497. The van der Waals surface area contributed by atoms with Crippen molar-refractivity contribution in [3.05, 3.63) is 41.0 Å². The highest BCUT2D eigenvalue weighted by atomic mass is 19.3. The number of pyridine rings is 1. The summed E-state index contributed by atoms with van der Waals surface area (Å²) < 4.78 is 45.4. The van der Waals surface area contributed by atoms with Crippen molar-refractivity contribution in [2.24, 2.45) is 5.41 Å². The van der Waals surface area contributed by atoms with E-state index in [1.807, 2.05) is 0 Å². The lowest BCUT2D eigenvalue weighted by molar-refractivity contribution is -0.129. The number of alkyl halides is 2. The van der Waals surface area contributed by atoms with Crippen LogP contribution in [0.2, 0.25) is 0 Å². The number of ketones is 1. The van der Waals surface area contributed by atoms with Crippen LogP contribution < -0.4 is 0 Å². The average molecular weight is 313 g/mol. The normalized spacial score (nSPS) is 24.5. The Hall–Kier alpha value is -1.69. The lowest BCUT2D eigenvalue weighted by Gasteiger charge is -2.41. The molecule has 0 radical (unpaired) electrons. The van der Waals surface area contributed by atoms with Gasteiger partial charge in [-0.15, -0.1) is 0 Å². The Balaban J connectivity index is 2.69. The molecule has 0 aliphatic heterocycles. The molecule has 0 bridgehead atoms. The van der Waals surface area contributed by atoms with E-state index >= 15 is 0 Å². The second kappa shape index (κ2) is 5.50. The van der Waals surface area contributed by atoms with Gasteiger partial charge in [0.05, 0.1) is 11.9 Å². The first-order valence-electron chi connectivity index (χ1n) is 6.86. The maximum atomic E-state index is 13.3. The van der Waals surface area contributed by atoms with Crippen LogP contribution in [0.15, 0.2) is 23.9 Å². The molecule has 1 aliphatic carbocycles. The number of halogens is 3. The molecule has 1 atom stereocenters. The van der Waals surface area contributed by atoms with E-state index in [0.29, 0.717) is 5.57 Å². The summed E-state index contributed by atoms with van der Waals surface area (Å²) in [7, 11) is 1.37. The van der Waals surface area contributed by atoms with Crippen molar-refractivity contribution in [3.63, 3.8) is 0 Å². The predicted molar refractivity (Wildman–Crippen MR) is 75.0 cm³/mol. The zero-order chi connectivity index (χ0) is 16.7. The maximum absolute atomic E-state index is 13.3. The molecule has 0 saturated heterocycles. The molecule has 1 aromatic rings. The van der Waals surface area contributed by atoms with Gasteiger partial charge in [-0.3, -0.25) is 9.78 Å². The molecule has 0 N–H and O–H groups in total. The zero-order valence-electron chi connectivity index (χ0n) is 12.9. The molecule has 0 fully saturated rings. The van der Waals surface area contributed by atoms with Crippen molar-refractivity contribution in [2.75, 3.05) is 7.11 Å². The fraction of sp³-hybridized carbons (Fsp3) is 0.500. The van der Waals surface area contributed by atoms with Crippen molar-refractivity contribution in [1.29, 1.82) is 0 Å². The first-order chi connectivity index (χ1) is 10.1. The van der Waals surface area contributed by atoms with Crippen LogP contribution in [-0.4, -0.2) is 17.9 Å². The Bertz CT molecular complexity index is 640. The third kappa shape index (κ3) is 2.67. The van der Waals surface area contributed by atoms with E-state index < -0.39 is 28.8 Å². The van der Waals surface area contributed by atoms with Gasteiger partial charge in [-0.25, -0.2) is 13.2 Å². The fourth-order valence-corrected chi connectivity index (χ4v) is 3.09. The number of carbonyl (C=O) groups excluding carboxylic acids is 1. The van der Waals surface area contributed by atoms with Crippen LogP contribution in [0.5, 0.6) is 0 Å². The van der Waals surface area contributed by atoms with Gasteiger partial charge in [-0.1, -0.05) is 13.8 Å². The highest BCUT2D eigenvalue weighted by Gasteiger charge is 2.47. The summed E-state index contributed by atoms with van der Waals surface area (Å²) in [4.78, 5) is 16.1. The van der Waals surface area contributed by atoms with Crippen LogP contribution in [0.4, 0.5) is 13.2 Å². The number of nitrogens with zero attached hydrogens (tertiary/aromatic N) is 1. The van der Waals surface area contributed by atoms with Gasteiger partial charge in [0.1, 0.15) is 11.4 Å². The van der Waals surface area contributed by atoms with Gasteiger partial charge in [0.25, 0.3) is 6.43 Å². The lowest BCUT2D eigenvalue weighted by Crippen LogP contribution is -2.43. The molecule has 0 saturated carbocycles. The van der Waals surface area contributed by atoms with Gasteiger partial charge in [-0.2, -0.15) is 0 Å². The highest BCUT2D eigenvalue weighted by Crippen LogP contribution is 2.46. The second-order valence-electron chi connectivity index (χ2n) is 6.20. The number of carbonyl (C=O) groups is 1. The Morgan fingerprint density at radius 3 is 2.50 bits per heavy atom. The fourth-order valence-electron chi connectivity index (χ4n) is 3.09. The number of hydrogen-bond acceptors (Lipinski definition) is 3. The molecule has 1 aliphatic rings. The van der Waals surface area contributed by atoms with Gasteiger partial charge >= 0.3 is 0 Å². The maximum Gasteiger partial charge on any atom is 0.265 e. The van der Waals surface area contributed by atoms with Gasteiger partial charge in [0.2, 0.25) is 0 Å². The second-order valence-corrected chi connectivity index (χ2v) is 6.20. The van der Waals surface area contributed by atoms with Crippen LogP contribution in [0, 0.1) is 11.2 Å². The van der Waals surface area contributed by atoms with Crippen LogP contribution in [-0.2, 0) is 15.1 Å². The van der Waals surface area contributed by atoms with Crippen LogP contribution >= 0.6 is 0 Å². The number of aromatic nitrogens is 1. The van der Waals surface area contributed by atoms with Crippen molar-refractivity contribution in [2.45, 2.75) is 39.2 Å². The summed E-state index contributed by atoms with van der Waals surface area (Å²) in [6, 6.07) is 0.764. The lowest BCUT2D eigenvalue weighted by atomic mass is 9.68.